The molecule has 0 saturated carbocycles. The second kappa shape index (κ2) is 8.69. The average molecular weight is 507 g/mol. The van der Waals surface area contributed by atoms with Crippen molar-refractivity contribution in [1.29, 1.82) is 5.26 Å². The molecular formula is C22H25BrF2N6O. The summed E-state index contributed by atoms with van der Waals surface area (Å²) in [6.45, 7) is 3.55. The fourth-order valence-corrected chi connectivity index (χ4v) is 5.64. The number of nitriles is 1. The normalized spacial score (nSPS) is 28.1. The van der Waals surface area contributed by atoms with E-state index in [2.05, 4.69) is 47.1 Å². The van der Waals surface area contributed by atoms with Gasteiger partial charge in [0.2, 0.25) is 0 Å². The van der Waals surface area contributed by atoms with Gasteiger partial charge in [-0.2, -0.15) is 15.2 Å². The van der Waals surface area contributed by atoms with Gasteiger partial charge in [-0.1, -0.05) is 0 Å². The van der Waals surface area contributed by atoms with Crippen LogP contribution >= 0.6 is 15.9 Å². The maximum Gasteiger partial charge on any atom is 0.319 e. The maximum atomic E-state index is 15.0. The Balaban J connectivity index is 1.48. The number of nitrogens with one attached hydrogen (secondary N) is 1. The molecule has 0 radical (unpaired) electrons. The third-order valence-corrected chi connectivity index (χ3v) is 7.45. The summed E-state index contributed by atoms with van der Waals surface area (Å²) in [5.41, 5.74) is -0.147. The Labute approximate surface area is 193 Å². The predicted molar refractivity (Wildman–Crippen MR) is 120 cm³/mol. The van der Waals surface area contributed by atoms with Gasteiger partial charge >= 0.3 is 6.01 Å². The van der Waals surface area contributed by atoms with E-state index in [1.807, 2.05) is 0 Å². The number of fused-ring (bicyclic) bond motifs is 2. The van der Waals surface area contributed by atoms with E-state index in [0.717, 1.165) is 19.4 Å². The lowest BCUT2D eigenvalue weighted by Gasteiger charge is -2.34. The summed E-state index contributed by atoms with van der Waals surface area (Å²) in [5.74, 6) is 0.126. The smallest absolute Gasteiger partial charge is 0.319 e. The summed E-state index contributed by atoms with van der Waals surface area (Å²) in [4.78, 5) is 13.3. The lowest BCUT2D eigenvalue weighted by Crippen LogP contribution is -2.51. The third kappa shape index (κ3) is 3.91. The molecule has 4 heterocycles. The minimum Gasteiger partial charge on any atom is -0.461 e. The zero-order chi connectivity index (χ0) is 22.3. The zero-order valence-electron chi connectivity index (χ0n) is 17.7. The van der Waals surface area contributed by atoms with E-state index in [9.17, 15) is 4.39 Å². The molecule has 32 heavy (non-hydrogen) atoms. The Morgan fingerprint density at radius 3 is 3.03 bits per heavy atom. The van der Waals surface area contributed by atoms with Gasteiger partial charge < -0.3 is 15.0 Å². The Bertz CT molecular complexity index is 1060. The molecule has 0 bridgehead atoms. The van der Waals surface area contributed by atoms with Gasteiger partial charge in [-0.25, -0.2) is 8.78 Å². The van der Waals surface area contributed by atoms with Crippen LogP contribution in [0.25, 0.3) is 10.9 Å². The molecule has 1 N–H and O–H groups in total. The summed E-state index contributed by atoms with van der Waals surface area (Å²) in [5, 5.41) is 13.0. The van der Waals surface area contributed by atoms with Crippen LogP contribution in [0.15, 0.2) is 16.6 Å². The van der Waals surface area contributed by atoms with Gasteiger partial charge in [-0.15, -0.1) is 0 Å². The highest BCUT2D eigenvalue weighted by Crippen LogP contribution is 2.40. The van der Waals surface area contributed by atoms with Gasteiger partial charge in [0.15, 0.2) is 5.82 Å². The summed E-state index contributed by atoms with van der Waals surface area (Å²) in [6.07, 6.45) is 1.87. The first-order chi connectivity index (χ1) is 15.5. The van der Waals surface area contributed by atoms with Gasteiger partial charge in [-0.05, 0) is 47.4 Å². The van der Waals surface area contributed by atoms with Crippen molar-refractivity contribution in [3.8, 4) is 12.1 Å². The van der Waals surface area contributed by atoms with Crippen LogP contribution in [0.4, 0.5) is 14.6 Å². The number of nitrogens with zero attached hydrogens (tertiary/aromatic N) is 5. The van der Waals surface area contributed by atoms with Crippen molar-refractivity contribution in [2.45, 2.75) is 43.4 Å². The molecule has 10 heteroatoms. The average Bonchev–Trinajstić information content (AvgIpc) is 3.31. The highest BCUT2D eigenvalue weighted by atomic mass is 79.9. The van der Waals surface area contributed by atoms with Crippen molar-refractivity contribution in [3.05, 3.63) is 22.4 Å². The Hall–Kier alpha value is -2.09. The number of piperazine rings is 1. The molecule has 2 unspecified atom stereocenters. The maximum absolute atomic E-state index is 15.0. The van der Waals surface area contributed by atoms with Gasteiger partial charge in [0, 0.05) is 44.0 Å². The quantitative estimate of drug-likeness (QED) is 0.667. The molecule has 1 aromatic heterocycles. The number of benzene rings is 1. The number of rotatable bonds is 5. The van der Waals surface area contributed by atoms with Crippen molar-refractivity contribution < 1.29 is 13.5 Å². The minimum atomic E-state index is -0.849. The summed E-state index contributed by atoms with van der Waals surface area (Å²) >= 11 is 3.24. The first-order valence-electron chi connectivity index (χ1n) is 11.0. The zero-order valence-corrected chi connectivity index (χ0v) is 19.2. The largest absolute Gasteiger partial charge is 0.461 e. The van der Waals surface area contributed by atoms with E-state index in [-0.39, 0.29) is 29.7 Å². The second-order valence-corrected chi connectivity index (χ2v) is 9.76. The van der Waals surface area contributed by atoms with Crippen LogP contribution in [-0.4, -0.2) is 72.0 Å². The molecule has 3 atom stereocenters. The molecule has 3 aliphatic heterocycles. The molecule has 5 rings (SSSR count). The number of hydrogen-bond donors (Lipinski definition) is 1. The molecule has 3 saturated heterocycles. The van der Waals surface area contributed by atoms with Crippen LogP contribution in [0.5, 0.6) is 6.01 Å². The first kappa shape index (κ1) is 21.7. The highest BCUT2D eigenvalue weighted by Gasteiger charge is 2.49. The molecule has 0 amide bonds. The Morgan fingerprint density at radius 2 is 2.19 bits per heavy atom. The van der Waals surface area contributed by atoms with Crippen LogP contribution in [-0.2, 0) is 0 Å². The number of alkyl halides is 1. The van der Waals surface area contributed by atoms with Crippen molar-refractivity contribution in [1.82, 2.24) is 20.2 Å². The minimum absolute atomic E-state index is 0.00865. The first-order valence-corrected chi connectivity index (χ1v) is 11.8. The molecule has 7 nitrogen and oxygen atoms in total. The summed E-state index contributed by atoms with van der Waals surface area (Å²) in [6, 6.07) is 5.76. The van der Waals surface area contributed by atoms with Crippen molar-refractivity contribution >= 4 is 32.7 Å². The van der Waals surface area contributed by atoms with Gasteiger partial charge in [-0.3, -0.25) is 4.90 Å². The number of anilines is 1. The number of ether oxygens (including phenoxy) is 1. The van der Waals surface area contributed by atoms with Gasteiger partial charge in [0.05, 0.1) is 22.5 Å². The highest BCUT2D eigenvalue weighted by molar-refractivity contribution is 9.10. The van der Waals surface area contributed by atoms with E-state index in [4.69, 9.17) is 10.00 Å². The van der Waals surface area contributed by atoms with Crippen molar-refractivity contribution in [3.63, 3.8) is 0 Å². The molecule has 0 aliphatic carbocycles. The molecule has 3 aliphatic rings. The van der Waals surface area contributed by atoms with Gasteiger partial charge in [0.25, 0.3) is 0 Å². The molecule has 1 aromatic carbocycles. The third-order valence-electron chi connectivity index (χ3n) is 6.84. The van der Waals surface area contributed by atoms with Crippen LogP contribution in [0.2, 0.25) is 0 Å². The predicted octanol–water partition coefficient (Wildman–Crippen LogP) is 3.18. The van der Waals surface area contributed by atoms with E-state index in [0.29, 0.717) is 54.7 Å². The Morgan fingerprint density at radius 1 is 1.31 bits per heavy atom. The van der Waals surface area contributed by atoms with Crippen LogP contribution < -0.4 is 15.0 Å². The van der Waals surface area contributed by atoms with Crippen LogP contribution in [0, 0.1) is 17.1 Å². The Kier molecular flexibility index (Phi) is 5.90. The monoisotopic (exact) mass is 506 g/mol. The molecular weight excluding hydrogens is 482 g/mol. The van der Waals surface area contributed by atoms with E-state index < -0.39 is 12.0 Å². The standard InChI is InChI=1S/C22H25BrF2N6O/c23-17-3-2-16-19(18(17)25)28-21(29-20(16)30-9-7-27-15(12-30)4-6-26)32-13-22-5-1-8-31(22)11-14(24)10-22/h2-3,14-15,27H,1,4-5,7-13H2/t14-,15?,22?/m1/s1. The molecule has 0 spiro atoms. The number of halogens is 3. The van der Waals surface area contributed by atoms with Crippen LogP contribution in [0.3, 0.4) is 0 Å². The number of aromatic nitrogens is 2. The van der Waals surface area contributed by atoms with E-state index in [1.54, 1.807) is 12.1 Å². The molecule has 170 valence electrons. The van der Waals surface area contributed by atoms with E-state index >= 15 is 4.39 Å². The topological polar surface area (TPSA) is 77.3 Å². The number of hydrogen-bond acceptors (Lipinski definition) is 7. The SMILES string of the molecule is N#CCC1CN(c2nc(OCC34CCCN3C[C@H](F)C4)nc3c(F)c(Br)ccc23)CCN1. The van der Waals surface area contributed by atoms with Gasteiger partial charge in [0.1, 0.15) is 24.1 Å². The van der Waals surface area contributed by atoms with Crippen molar-refractivity contribution in [2.75, 3.05) is 44.2 Å². The van der Waals surface area contributed by atoms with Crippen molar-refractivity contribution in [2.24, 2.45) is 0 Å². The molecule has 3 fully saturated rings. The summed E-state index contributed by atoms with van der Waals surface area (Å²) in [7, 11) is 0. The molecule has 2 aromatic rings. The fraction of sp³-hybridized carbons (Fsp3) is 0.591. The second-order valence-electron chi connectivity index (χ2n) is 8.91. The summed E-state index contributed by atoms with van der Waals surface area (Å²) < 4.78 is 35.5. The lowest BCUT2D eigenvalue weighted by molar-refractivity contribution is 0.107. The fourth-order valence-electron chi connectivity index (χ4n) is 5.32. The van der Waals surface area contributed by atoms with Crippen LogP contribution in [0.1, 0.15) is 25.7 Å². The lowest BCUT2D eigenvalue weighted by atomic mass is 9.95. The van der Waals surface area contributed by atoms with E-state index in [1.165, 1.54) is 0 Å².